The molecule has 2 aliphatic rings. The molecule has 1 unspecified atom stereocenters. The molecule has 10 heteroatoms. The number of aliphatic hydroxyl groups is 4. The van der Waals surface area contributed by atoms with Crippen LogP contribution in [0.1, 0.15) is 0 Å². The second-order valence-corrected chi connectivity index (χ2v) is 7.41. The molecule has 1 aromatic rings. The molecule has 0 saturated carbocycles. The molecule has 3 rings (SSSR count). The smallest absolute Gasteiger partial charge is 0.187 e. The van der Waals surface area contributed by atoms with Gasteiger partial charge in [-0.3, -0.25) is 10.4 Å². The van der Waals surface area contributed by atoms with Crippen LogP contribution in [0, 0.1) is 0 Å². The monoisotopic (exact) mass is 385 g/mol. The van der Waals surface area contributed by atoms with Gasteiger partial charge >= 0.3 is 0 Å². The fourth-order valence-corrected chi connectivity index (χ4v) is 4.50. The van der Waals surface area contributed by atoms with Gasteiger partial charge in [-0.05, 0) is 36.0 Å². The number of aliphatic imine (C=N–C) groups is 1. The highest BCUT2D eigenvalue weighted by Gasteiger charge is 2.42. The zero-order valence-corrected chi connectivity index (χ0v) is 14.9. The first kappa shape index (κ1) is 18.4. The summed E-state index contributed by atoms with van der Waals surface area (Å²) in [5, 5.41) is 43.1. The number of nitrogens with one attached hydrogen (secondary N) is 1. The Kier molecular flexibility index (Phi) is 5.77. The van der Waals surface area contributed by atoms with Crippen LogP contribution in [0.3, 0.4) is 0 Å². The SMILES string of the molecule is COc1ccc(N=C2NN3C(=CSC3[C@H](O)[C@@H](O)[C@H](O)CO)S2)cc1. The summed E-state index contributed by atoms with van der Waals surface area (Å²) >= 11 is 2.72. The Morgan fingerprint density at radius 1 is 1.28 bits per heavy atom. The standard InChI is InChI=1S/C15H19N3O5S2/c1-23-9-4-2-8(3-5-9)16-15-17-18-11(25-15)7-24-14(18)13(22)12(21)10(20)6-19/h2-5,7,10,12-14,19-22H,6H2,1H3,(H,16,17)/t10-,12+,13-,14?/m1/s1. The summed E-state index contributed by atoms with van der Waals surface area (Å²) in [5.74, 6) is 0.746. The average molecular weight is 385 g/mol. The molecule has 1 saturated heterocycles. The fraction of sp³-hybridized carbons (Fsp3) is 0.400. The predicted octanol–water partition coefficient (Wildman–Crippen LogP) is 0.183. The van der Waals surface area contributed by atoms with Crippen molar-refractivity contribution >= 4 is 34.4 Å². The van der Waals surface area contributed by atoms with Crippen molar-refractivity contribution in [3.05, 3.63) is 34.7 Å². The van der Waals surface area contributed by atoms with E-state index in [0.29, 0.717) is 5.17 Å². The number of aliphatic hydroxyl groups excluding tert-OH is 4. The molecule has 0 aliphatic carbocycles. The number of hydrogen-bond donors (Lipinski definition) is 5. The van der Waals surface area contributed by atoms with E-state index in [1.54, 1.807) is 12.1 Å². The number of hydrogen-bond acceptors (Lipinski definition) is 9. The van der Waals surface area contributed by atoms with E-state index < -0.39 is 30.3 Å². The van der Waals surface area contributed by atoms with E-state index in [4.69, 9.17) is 9.84 Å². The zero-order chi connectivity index (χ0) is 18.0. The van der Waals surface area contributed by atoms with Crippen LogP contribution < -0.4 is 10.2 Å². The van der Waals surface area contributed by atoms with E-state index in [1.807, 2.05) is 29.7 Å². The van der Waals surface area contributed by atoms with Crippen molar-refractivity contribution in [2.75, 3.05) is 13.7 Å². The van der Waals surface area contributed by atoms with Gasteiger partial charge in [0.25, 0.3) is 0 Å². The molecule has 0 amide bonds. The molecule has 0 spiro atoms. The predicted molar refractivity (Wildman–Crippen MR) is 97.2 cm³/mol. The van der Waals surface area contributed by atoms with Crippen LogP contribution in [0.5, 0.6) is 5.75 Å². The first-order valence-corrected chi connectivity index (χ1v) is 9.26. The molecule has 1 fully saturated rings. The normalized spacial score (nSPS) is 24.5. The van der Waals surface area contributed by atoms with Crippen molar-refractivity contribution < 1.29 is 25.2 Å². The number of nitrogens with zero attached hydrogens (tertiary/aromatic N) is 2. The van der Waals surface area contributed by atoms with E-state index in [-0.39, 0.29) is 0 Å². The van der Waals surface area contributed by atoms with Gasteiger partial charge in [0.05, 0.1) is 19.4 Å². The van der Waals surface area contributed by atoms with Crippen molar-refractivity contribution in [2.45, 2.75) is 23.7 Å². The van der Waals surface area contributed by atoms with Gasteiger partial charge < -0.3 is 25.2 Å². The third-order valence-corrected chi connectivity index (χ3v) is 5.92. The molecule has 0 bridgehead atoms. The number of rotatable bonds is 6. The topological polar surface area (TPSA) is 118 Å². The van der Waals surface area contributed by atoms with Crippen molar-refractivity contribution in [1.82, 2.24) is 10.4 Å². The molecule has 8 nitrogen and oxygen atoms in total. The lowest BCUT2D eigenvalue weighted by Gasteiger charge is -2.31. The van der Waals surface area contributed by atoms with Crippen LogP contribution in [0.25, 0.3) is 0 Å². The van der Waals surface area contributed by atoms with Crippen molar-refractivity contribution in [2.24, 2.45) is 4.99 Å². The van der Waals surface area contributed by atoms with Gasteiger partial charge in [0.2, 0.25) is 0 Å². The molecule has 1 aromatic carbocycles. The third kappa shape index (κ3) is 3.89. The van der Waals surface area contributed by atoms with E-state index in [0.717, 1.165) is 16.5 Å². The lowest BCUT2D eigenvalue weighted by atomic mass is 10.1. The number of benzene rings is 1. The molecule has 4 atom stereocenters. The Balaban J connectivity index is 1.69. The molecular weight excluding hydrogens is 366 g/mol. The van der Waals surface area contributed by atoms with Crippen LogP contribution in [0.15, 0.2) is 39.7 Å². The highest BCUT2D eigenvalue weighted by atomic mass is 32.2. The minimum Gasteiger partial charge on any atom is -0.497 e. The molecule has 2 aliphatic heterocycles. The second-order valence-electron chi connectivity index (χ2n) is 5.41. The summed E-state index contributed by atoms with van der Waals surface area (Å²) in [7, 11) is 1.60. The van der Waals surface area contributed by atoms with Crippen LogP contribution in [0.4, 0.5) is 5.69 Å². The van der Waals surface area contributed by atoms with Gasteiger partial charge in [0.1, 0.15) is 34.5 Å². The Hall–Kier alpha value is -1.43. The summed E-state index contributed by atoms with van der Waals surface area (Å²) in [5.41, 5.74) is 3.83. The van der Waals surface area contributed by atoms with E-state index in [9.17, 15) is 15.3 Å². The van der Waals surface area contributed by atoms with Gasteiger partial charge in [-0.2, -0.15) is 0 Å². The van der Waals surface area contributed by atoms with Crippen LogP contribution in [-0.2, 0) is 0 Å². The zero-order valence-electron chi connectivity index (χ0n) is 13.3. The molecule has 2 heterocycles. The number of fused-ring (bicyclic) bond motifs is 1. The van der Waals surface area contributed by atoms with Crippen molar-refractivity contribution in [3.8, 4) is 5.75 Å². The number of hydrazine groups is 1. The van der Waals surface area contributed by atoms with E-state index in [2.05, 4.69) is 10.4 Å². The van der Waals surface area contributed by atoms with Gasteiger partial charge in [0, 0.05) is 5.41 Å². The maximum Gasteiger partial charge on any atom is 0.187 e. The Morgan fingerprint density at radius 2 is 2.00 bits per heavy atom. The number of methoxy groups -OCH3 is 1. The van der Waals surface area contributed by atoms with E-state index >= 15 is 0 Å². The Bertz CT molecular complexity index is 670. The van der Waals surface area contributed by atoms with Gasteiger partial charge in [-0.25, -0.2) is 4.99 Å². The minimum atomic E-state index is -1.45. The van der Waals surface area contributed by atoms with Crippen molar-refractivity contribution in [1.29, 1.82) is 0 Å². The summed E-state index contributed by atoms with van der Waals surface area (Å²) < 4.78 is 5.11. The highest BCUT2D eigenvalue weighted by Crippen LogP contribution is 2.42. The molecule has 0 aromatic heterocycles. The largest absolute Gasteiger partial charge is 0.497 e. The first-order valence-electron chi connectivity index (χ1n) is 7.50. The molecule has 0 radical (unpaired) electrons. The van der Waals surface area contributed by atoms with Gasteiger partial charge in [-0.1, -0.05) is 0 Å². The maximum atomic E-state index is 10.3. The maximum absolute atomic E-state index is 10.3. The lowest BCUT2D eigenvalue weighted by Crippen LogP contribution is -2.51. The molecular formula is C15H19N3O5S2. The van der Waals surface area contributed by atoms with Crippen LogP contribution >= 0.6 is 23.5 Å². The molecule has 25 heavy (non-hydrogen) atoms. The summed E-state index contributed by atoms with van der Waals surface area (Å²) in [6.45, 7) is -0.623. The van der Waals surface area contributed by atoms with Crippen LogP contribution in [-0.4, -0.2) is 68.0 Å². The third-order valence-electron chi connectivity index (χ3n) is 3.74. The second kappa shape index (κ2) is 7.85. The van der Waals surface area contributed by atoms with Gasteiger partial charge in [0.15, 0.2) is 5.17 Å². The molecule has 5 N–H and O–H groups in total. The fourth-order valence-electron chi connectivity index (χ4n) is 2.35. The number of ether oxygens (including phenoxy) is 1. The van der Waals surface area contributed by atoms with Gasteiger partial charge in [-0.15, -0.1) is 11.8 Å². The Morgan fingerprint density at radius 3 is 2.64 bits per heavy atom. The highest BCUT2D eigenvalue weighted by molar-refractivity contribution is 8.18. The number of thioether (sulfide) groups is 2. The quantitative estimate of drug-likeness (QED) is 0.467. The summed E-state index contributed by atoms with van der Waals surface area (Å²) in [6, 6.07) is 7.28. The Labute approximate surface area is 153 Å². The average Bonchev–Trinajstić information content (AvgIpc) is 3.20. The summed E-state index contributed by atoms with van der Waals surface area (Å²) in [6.07, 6.45) is -4.11. The van der Waals surface area contributed by atoms with Crippen molar-refractivity contribution in [3.63, 3.8) is 0 Å². The van der Waals surface area contributed by atoms with Crippen LogP contribution in [0.2, 0.25) is 0 Å². The number of amidine groups is 1. The first-order chi connectivity index (χ1) is 12.0. The minimum absolute atomic E-state index is 0.540. The molecule has 136 valence electrons. The summed E-state index contributed by atoms with van der Waals surface area (Å²) in [4.78, 5) is 4.49. The van der Waals surface area contributed by atoms with E-state index in [1.165, 1.54) is 23.5 Å². The lowest BCUT2D eigenvalue weighted by molar-refractivity contribution is -0.0871.